The largest absolute Gasteiger partial charge is 0.453 e. The van der Waals surface area contributed by atoms with Gasteiger partial charge in [-0.1, -0.05) is 50.9 Å². The zero-order valence-electron chi connectivity index (χ0n) is 20.4. The summed E-state index contributed by atoms with van der Waals surface area (Å²) < 4.78 is 10.7. The van der Waals surface area contributed by atoms with Crippen LogP contribution in [-0.4, -0.2) is 38.3 Å². The Morgan fingerprint density at radius 1 is 1.09 bits per heavy atom. The van der Waals surface area contributed by atoms with Crippen LogP contribution in [-0.2, 0) is 9.47 Å². The fourth-order valence-electron chi connectivity index (χ4n) is 3.66. The molecule has 0 saturated carbocycles. The average molecular weight is 490 g/mol. The van der Waals surface area contributed by atoms with Gasteiger partial charge in [-0.3, -0.25) is 4.79 Å². The first-order valence-electron chi connectivity index (χ1n) is 11.7. The Morgan fingerprint density at radius 2 is 1.85 bits per heavy atom. The summed E-state index contributed by atoms with van der Waals surface area (Å²) in [5, 5.41) is 6.30. The first kappa shape index (κ1) is 27.5. The number of benzene rings is 2. The van der Waals surface area contributed by atoms with Crippen molar-refractivity contribution in [3.63, 3.8) is 0 Å². The van der Waals surface area contributed by atoms with Crippen molar-refractivity contribution in [2.45, 2.75) is 52.2 Å². The van der Waals surface area contributed by atoms with Crippen molar-refractivity contribution in [3.05, 3.63) is 64.2 Å². The minimum Gasteiger partial charge on any atom is -0.453 e. The highest BCUT2D eigenvalue weighted by Gasteiger charge is 2.20. The van der Waals surface area contributed by atoms with Gasteiger partial charge in [-0.2, -0.15) is 0 Å². The van der Waals surface area contributed by atoms with Gasteiger partial charge < -0.3 is 25.8 Å². The maximum atomic E-state index is 13.1. The van der Waals surface area contributed by atoms with E-state index in [0.717, 1.165) is 30.4 Å². The molecule has 2 rings (SSSR count). The highest BCUT2D eigenvalue weighted by Crippen LogP contribution is 2.30. The molecule has 0 spiro atoms. The molecule has 3 atom stereocenters. The van der Waals surface area contributed by atoms with Crippen molar-refractivity contribution >= 4 is 29.3 Å². The number of amides is 2. The van der Waals surface area contributed by atoms with E-state index in [0.29, 0.717) is 22.2 Å². The second-order valence-electron chi connectivity index (χ2n) is 8.44. The van der Waals surface area contributed by atoms with Crippen molar-refractivity contribution in [1.82, 2.24) is 10.6 Å². The highest BCUT2D eigenvalue weighted by molar-refractivity contribution is 6.30. The van der Waals surface area contributed by atoms with Crippen molar-refractivity contribution in [2.75, 3.05) is 26.0 Å². The molecule has 0 aliphatic carbocycles. The van der Waals surface area contributed by atoms with E-state index in [4.69, 9.17) is 22.1 Å². The third-order valence-electron chi connectivity index (χ3n) is 5.75. The smallest absolute Gasteiger partial charge is 0.406 e. The molecule has 0 heterocycles. The molecule has 2 aromatic rings. The molecule has 0 saturated heterocycles. The number of carbonyl (C=O) groups excluding carboxylic acids is 2. The number of alkyl carbamates (subject to hydrolysis) is 1. The molecule has 0 fully saturated rings. The lowest BCUT2D eigenvalue weighted by molar-refractivity contribution is 0.0804. The number of nitrogens with two attached hydrogens (primary N) is 1. The standard InChI is InChI=1S/C26H36ClN3O4/c1-5-17(3)12-23(6-2)30-25(31)20-13-19(15-22(28)16-20)24(18-8-7-9-21(27)14-18)34-11-10-29-26(32)33-4/h7-9,13-17,23-24H,5-6,10-12,28H2,1-4H3,(H,29,32)(H,30,31)/t17?,23-,24?/m1/s1. The molecule has 0 radical (unpaired) electrons. The van der Waals surface area contributed by atoms with Crippen molar-refractivity contribution in [2.24, 2.45) is 5.92 Å². The Labute approximate surface area is 207 Å². The quantitative estimate of drug-likeness (QED) is 0.276. The van der Waals surface area contributed by atoms with Crippen LogP contribution in [0.1, 0.15) is 67.6 Å². The molecule has 4 N–H and O–H groups in total. The normalized spacial score (nSPS) is 13.6. The van der Waals surface area contributed by atoms with Crippen molar-refractivity contribution in [1.29, 1.82) is 0 Å². The van der Waals surface area contributed by atoms with E-state index in [9.17, 15) is 9.59 Å². The van der Waals surface area contributed by atoms with Crippen LogP contribution in [0.25, 0.3) is 0 Å². The van der Waals surface area contributed by atoms with Crippen LogP contribution in [0.2, 0.25) is 5.02 Å². The first-order chi connectivity index (χ1) is 16.3. The van der Waals surface area contributed by atoms with Gasteiger partial charge in [0.1, 0.15) is 6.10 Å². The lowest BCUT2D eigenvalue weighted by Gasteiger charge is -2.22. The number of halogens is 1. The zero-order valence-corrected chi connectivity index (χ0v) is 21.2. The number of methoxy groups -OCH3 is 1. The maximum Gasteiger partial charge on any atom is 0.406 e. The van der Waals surface area contributed by atoms with Crippen LogP contribution < -0.4 is 16.4 Å². The van der Waals surface area contributed by atoms with Gasteiger partial charge in [-0.05, 0) is 60.2 Å². The van der Waals surface area contributed by atoms with Gasteiger partial charge in [-0.25, -0.2) is 4.79 Å². The molecule has 8 heteroatoms. The first-order valence-corrected chi connectivity index (χ1v) is 12.0. The SMILES string of the molecule is CCC(C)C[C@@H](CC)NC(=O)c1cc(N)cc(C(OCCNC(=O)OC)c2cccc(Cl)c2)c1. The second-order valence-corrected chi connectivity index (χ2v) is 8.88. The van der Waals surface area contributed by atoms with E-state index in [2.05, 4.69) is 36.1 Å². The number of hydrogen-bond donors (Lipinski definition) is 3. The van der Waals surface area contributed by atoms with Gasteiger partial charge in [0.05, 0.1) is 13.7 Å². The zero-order chi connectivity index (χ0) is 25.1. The molecule has 2 unspecified atom stereocenters. The van der Waals surface area contributed by atoms with Crippen molar-refractivity contribution < 1.29 is 19.1 Å². The number of ether oxygens (including phenoxy) is 2. The lowest BCUT2D eigenvalue weighted by Crippen LogP contribution is -2.35. The highest BCUT2D eigenvalue weighted by atomic mass is 35.5. The van der Waals surface area contributed by atoms with Gasteiger partial charge in [0.15, 0.2) is 0 Å². The van der Waals surface area contributed by atoms with Crippen LogP contribution in [0.5, 0.6) is 0 Å². The minimum absolute atomic E-state index is 0.0942. The maximum absolute atomic E-state index is 13.1. The molecule has 34 heavy (non-hydrogen) atoms. The van der Waals surface area contributed by atoms with Gasteiger partial charge in [0.2, 0.25) is 0 Å². The van der Waals surface area contributed by atoms with E-state index in [1.807, 2.05) is 18.2 Å². The van der Waals surface area contributed by atoms with Crippen LogP contribution in [0, 0.1) is 5.92 Å². The second kappa shape index (κ2) is 13.8. The number of carbonyl (C=O) groups is 2. The van der Waals surface area contributed by atoms with Gasteiger partial charge in [0.25, 0.3) is 5.91 Å². The molecular formula is C26H36ClN3O4. The van der Waals surface area contributed by atoms with Crippen LogP contribution in [0.3, 0.4) is 0 Å². The molecular weight excluding hydrogens is 454 g/mol. The Balaban J connectivity index is 2.28. The molecule has 0 aliphatic heterocycles. The van der Waals surface area contributed by atoms with Gasteiger partial charge in [-0.15, -0.1) is 0 Å². The summed E-state index contributed by atoms with van der Waals surface area (Å²) in [6.07, 6.45) is 1.78. The molecule has 186 valence electrons. The van der Waals surface area contributed by atoms with Crippen molar-refractivity contribution in [3.8, 4) is 0 Å². The van der Waals surface area contributed by atoms with E-state index in [1.165, 1.54) is 7.11 Å². The number of nitrogen functional groups attached to an aromatic ring is 1. The van der Waals surface area contributed by atoms with Gasteiger partial charge >= 0.3 is 6.09 Å². The Kier molecular flexibility index (Phi) is 11.2. The Bertz CT molecular complexity index is 953. The summed E-state index contributed by atoms with van der Waals surface area (Å²) in [4.78, 5) is 24.4. The van der Waals surface area contributed by atoms with Gasteiger partial charge in [0, 0.05) is 28.9 Å². The number of anilines is 1. The van der Waals surface area contributed by atoms with Crippen LogP contribution in [0.15, 0.2) is 42.5 Å². The fourth-order valence-corrected chi connectivity index (χ4v) is 3.86. The van der Waals surface area contributed by atoms with E-state index in [-0.39, 0.29) is 25.1 Å². The topological polar surface area (TPSA) is 103 Å². The summed E-state index contributed by atoms with van der Waals surface area (Å²) >= 11 is 6.22. The number of rotatable bonds is 12. The van der Waals surface area contributed by atoms with E-state index in [1.54, 1.807) is 24.3 Å². The van der Waals surface area contributed by atoms with E-state index >= 15 is 0 Å². The molecule has 0 aliphatic rings. The summed E-state index contributed by atoms with van der Waals surface area (Å²) in [5.41, 5.74) is 8.65. The Hall–Kier alpha value is -2.77. The molecule has 0 aromatic heterocycles. The predicted octanol–water partition coefficient (Wildman–Crippen LogP) is 5.33. The van der Waals surface area contributed by atoms with Crippen LogP contribution in [0.4, 0.5) is 10.5 Å². The molecule has 7 nitrogen and oxygen atoms in total. The minimum atomic E-state index is -0.534. The monoisotopic (exact) mass is 489 g/mol. The third kappa shape index (κ3) is 8.54. The average Bonchev–Trinajstić information content (AvgIpc) is 2.82. The summed E-state index contributed by atoms with van der Waals surface area (Å²) in [6, 6.07) is 12.7. The summed E-state index contributed by atoms with van der Waals surface area (Å²) in [7, 11) is 1.30. The molecule has 2 aromatic carbocycles. The lowest BCUT2D eigenvalue weighted by atomic mass is 9.96. The third-order valence-corrected chi connectivity index (χ3v) is 5.98. The molecule has 2 amide bonds. The predicted molar refractivity (Wildman–Crippen MR) is 136 cm³/mol. The number of nitrogens with one attached hydrogen (secondary N) is 2. The molecule has 0 bridgehead atoms. The summed E-state index contributed by atoms with van der Waals surface area (Å²) in [5.74, 6) is 0.363. The number of hydrogen-bond acceptors (Lipinski definition) is 5. The Morgan fingerprint density at radius 3 is 2.50 bits per heavy atom. The van der Waals surface area contributed by atoms with E-state index < -0.39 is 12.2 Å². The fraction of sp³-hybridized carbons (Fsp3) is 0.462. The summed E-state index contributed by atoms with van der Waals surface area (Å²) in [6.45, 7) is 6.89. The van der Waals surface area contributed by atoms with Crippen LogP contribution >= 0.6 is 11.6 Å².